The quantitative estimate of drug-likeness (QED) is 0.459. The second-order valence-corrected chi connectivity index (χ2v) is 13.3. The van der Waals surface area contributed by atoms with Gasteiger partial charge in [-0.15, -0.1) is 0 Å². The summed E-state index contributed by atoms with van der Waals surface area (Å²) in [4.78, 5) is 45.5. The van der Waals surface area contributed by atoms with E-state index in [-0.39, 0.29) is 17.1 Å². The zero-order valence-corrected chi connectivity index (χ0v) is 25.2. The maximum Gasteiger partial charge on any atom is 0.494 e. The number of benzene rings is 1. The number of hydrogen-bond donors (Lipinski definition) is 1. The Kier molecular flexibility index (Phi) is 7.38. The van der Waals surface area contributed by atoms with E-state index >= 15 is 0 Å². The van der Waals surface area contributed by atoms with Gasteiger partial charge in [0.1, 0.15) is 5.82 Å². The van der Waals surface area contributed by atoms with Crippen LogP contribution >= 0.6 is 0 Å². The fourth-order valence-corrected chi connectivity index (χ4v) is 6.09. The molecule has 1 aromatic carbocycles. The Morgan fingerprint density at radius 3 is 2.26 bits per heavy atom. The van der Waals surface area contributed by atoms with E-state index < -0.39 is 53.1 Å². The summed E-state index contributed by atoms with van der Waals surface area (Å²) in [5, 5.41) is 9.84. The van der Waals surface area contributed by atoms with E-state index in [0.717, 1.165) is 12.3 Å². The van der Waals surface area contributed by atoms with Crippen molar-refractivity contribution in [2.24, 2.45) is 0 Å². The predicted octanol–water partition coefficient (Wildman–Crippen LogP) is 4.25. The highest BCUT2D eigenvalue weighted by Gasteiger charge is 2.51. The average Bonchev–Trinajstić information content (AvgIpc) is 3.11. The van der Waals surface area contributed by atoms with Gasteiger partial charge in [-0.3, -0.25) is 9.36 Å². The van der Waals surface area contributed by atoms with Gasteiger partial charge >= 0.3 is 18.9 Å². The molecule has 0 bridgehead atoms. The molecule has 3 aromatic rings. The van der Waals surface area contributed by atoms with Crippen LogP contribution in [0.3, 0.4) is 0 Å². The van der Waals surface area contributed by atoms with Crippen molar-refractivity contribution in [1.82, 2.24) is 19.0 Å². The SMILES string of the molecule is CC(C)(C)N(C(=O)O)[C@H]1CC[C@@H](n2c(=O)c3cc(F)cnc3n(-c3cccc(B4OC(C)(C)C(C)(C)O4)c3)c2=O)CC1. The van der Waals surface area contributed by atoms with Crippen molar-refractivity contribution in [2.75, 3.05) is 0 Å². The molecular formula is C30H38BFN4O6. The number of carbonyl (C=O) groups is 1. The van der Waals surface area contributed by atoms with Gasteiger partial charge < -0.3 is 19.3 Å². The molecule has 2 aromatic heterocycles. The number of fused-ring (bicyclic) bond motifs is 1. The second kappa shape index (κ2) is 10.3. The normalized spacial score (nSPS) is 22.0. The molecule has 1 aliphatic carbocycles. The number of amides is 1. The first-order valence-electron chi connectivity index (χ1n) is 14.3. The molecule has 0 atom stereocenters. The van der Waals surface area contributed by atoms with Crippen LogP contribution in [0.5, 0.6) is 0 Å². The van der Waals surface area contributed by atoms with Crippen LogP contribution in [0.15, 0.2) is 46.1 Å². The summed E-state index contributed by atoms with van der Waals surface area (Å²) >= 11 is 0. The molecule has 10 nitrogen and oxygen atoms in total. The molecule has 0 spiro atoms. The van der Waals surface area contributed by atoms with E-state index in [4.69, 9.17) is 9.31 Å². The minimum absolute atomic E-state index is 0.0142. The Morgan fingerprint density at radius 1 is 1.07 bits per heavy atom. The largest absolute Gasteiger partial charge is 0.494 e. The summed E-state index contributed by atoms with van der Waals surface area (Å²) in [5.74, 6) is -0.687. The van der Waals surface area contributed by atoms with Crippen LogP contribution in [-0.2, 0) is 9.31 Å². The average molecular weight is 580 g/mol. The molecule has 2 aliphatic rings. The van der Waals surface area contributed by atoms with Crippen LogP contribution in [0.25, 0.3) is 16.7 Å². The molecule has 42 heavy (non-hydrogen) atoms. The van der Waals surface area contributed by atoms with E-state index in [9.17, 15) is 23.9 Å². The van der Waals surface area contributed by atoms with Crippen LogP contribution in [0.2, 0.25) is 0 Å². The summed E-state index contributed by atoms with van der Waals surface area (Å²) < 4.78 is 29.3. The highest BCUT2D eigenvalue weighted by molar-refractivity contribution is 6.62. The molecule has 1 aliphatic heterocycles. The van der Waals surface area contributed by atoms with Gasteiger partial charge in [0.05, 0.1) is 28.5 Å². The Morgan fingerprint density at radius 2 is 1.69 bits per heavy atom. The van der Waals surface area contributed by atoms with Crippen molar-refractivity contribution in [3.05, 3.63) is 63.2 Å². The first-order chi connectivity index (χ1) is 19.5. The lowest BCUT2D eigenvalue weighted by Crippen LogP contribution is -2.53. The molecule has 0 radical (unpaired) electrons. The smallest absolute Gasteiger partial charge is 0.465 e. The van der Waals surface area contributed by atoms with Gasteiger partial charge in [-0.05, 0) is 97.8 Å². The van der Waals surface area contributed by atoms with Crippen LogP contribution in [0.1, 0.15) is 80.2 Å². The number of pyridine rings is 1. The topological polar surface area (TPSA) is 116 Å². The molecule has 1 N–H and O–H groups in total. The molecule has 1 amide bonds. The van der Waals surface area contributed by atoms with Crippen molar-refractivity contribution in [3.63, 3.8) is 0 Å². The zero-order valence-electron chi connectivity index (χ0n) is 25.2. The third-order valence-electron chi connectivity index (χ3n) is 8.87. The summed E-state index contributed by atoms with van der Waals surface area (Å²) in [5.41, 5.74) is -1.77. The molecule has 12 heteroatoms. The number of halogens is 1. The fraction of sp³-hybridized carbons (Fsp3) is 0.533. The number of aromatic nitrogens is 3. The van der Waals surface area contributed by atoms with Crippen molar-refractivity contribution in [1.29, 1.82) is 0 Å². The molecule has 224 valence electrons. The number of rotatable bonds is 4. The highest BCUT2D eigenvalue weighted by atomic mass is 19.1. The lowest BCUT2D eigenvalue weighted by molar-refractivity contribution is 0.00578. The van der Waals surface area contributed by atoms with Gasteiger partial charge in [-0.25, -0.2) is 23.5 Å². The van der Waals surface area contributed by atoms with Crippen LogP contribution in [0.4, 0.5) is 9.18 Å². The van der Waals surface area contributed by atoms with Gasteiger partial charge in [0.25, 0.3) is 5.56 Å². The van der Waals surface area contributed by atoms with E-state index in [1.807, 2.05) is 54.5 Å². The van der Waals surface area contributed by atoms with Crippen molar-refractivity contribution >= 4 is 29.7 Å². The lowest BCUT2D eigenvalue weighted by Gasteiger charge is -2.42. The molecule has 0 unspecified atom stereocenters. The van der Waals surface area contributed by atoms with Gasteiger partial charge in [0.15, 0.2) is 5.65 Å². The fourth-order valence-electron chi connectivity index (χ4n) is 6.09. The maximum absolute atomic E-state index is 14.4. The van der Waals surface area contributed by atoms with Crippen LogP contribution in [0, 0.1) is 5.82 Å². The summed E-state index contributed by atoms with van der Waals surface area (Å²) in [6.07, 6.45) is 1.79. The standard InChI is InChI=1S/C30H38BFN4O6/c1-28(2,3)36(27(39)40)21-13-11-20(12-14-21)35-25(37)23-16-19(32)17-33-24(23)34(26(35)38)22-10-8-9-18(15-22)31-41-29(4,5)30(6,7)42-31/h8-10,15-17,20-21H,11-14H2,1-7H3,(H,39,40)/t20-,21+. The molecular weight excluding hydrogens is 542 g/mol. The minimum Gasteiger partial charge on any atom is -0.465 e. The predicted molar refractivity (Wildman–Crippen MR) is 158 cm³/mol. The summed E-state index contributed by atoms with van der Waals surface area (Å²) in [6.45, 7) is 13.4. The Balaban J connectivity index is 1.58. The van der Waals surface area contributed by atoms with Crippen molar-refractivity contribution in [3.8, 4) is 5.69 Å². The van der Waals surface area contributed by atoms with E-state index in [1.54, 1.807) is 18.2 Å². The lowest BCUT2D eigenvalue weighted by atomic mass is 9.79. The Labute approximate surface area is 244 Å². The van der Waals surface area contributed by atoms with Crippen LogP contribution < -0.4 is 16.7 Å². The number of nitrogens with zero attached hydrogens (tertiary/aromatic N) is 4. The van der Waals surface area contributed by atoms with E-state index in [0.29, 0.717) is 36.8 Å². The van der Waals surface area contributed by atoms with E-state index in [1.165, 1.54) is 14.0 Å². The molecule has 1 saturated heterocycles. The molecule has 5 rings (SSSR count). The molecule has 1 saturated carbocycles. The second-order valence-electron chi connectivity index (χ2n) is 13.3. The highest BCUT2D eigenvalue weighted by Crippen LogP contribution is 2.37. The van der Waals surface area contributed by atoms with E-state index in [2.05, 4.69) is 4.98 Å². The molecule has 2 fully saturated rings. The summed E-state index contributed by atoms with van der Waals surface area (Å²) in [6, 6.07) is 7.47. The first kappa shape index (κ1) is 30.0. The first-order valence-corrected chi connectivity index (χ1v) is 14.3. The van der Waals surface area contributed by atoms with Gasteiger partial charge in [0, 0.05) is 17.6 Å². The maximum atomic E-state index is 14.4. The molecule has 3 heterocycles. The minimum atomic E-state index is -1.00. The Bertz CT molecular complexity index is 1640. The van der Waals surface area contributed by atoms with Gasteiger partial charge in [0.2, 0.25) is 0 Å². The number of hydrogen-bond acceptors (Lipinski definition) is 6. The van der Waals surface area contributed by atoms with Gasteiger partial charge in [-0.1, -0.05) is 12.1 Å². The number of carboxylic acid groups (broad SMARTS) is 1. The zero-order chi connectivity index (χ0) is 30.8. The monoisotopic (exact) mass is 580 g/mol. The van der Waals surface area contributed by atoms with Crippen molar-refractivity contribution in [2.45, 2.75) is 103 Å². The third-order valence-corrected chi connectivity index (χ3v) is 8.87. The van der Waals surface area contributed by atoms with Gasteiger partial charge in [-0.2, -0.15) is 0 Å². The Hall–Kier alpha value is -3.51. The van der Waals surface area contributed by atoms with Crippen LogP contribution in [-0.4, -0.2) is 60.1 Å². The third kappa shape index (κ3) is 5.15. The van der Waals surface area contributed by atoms with Crippen molar-refractivity contribution < 1.29 is 23.6 Å². The summed E-state index contributed by atoms with van der Waals surface area (Å²) in [7, 11) is -0.677.